The maximum atomic E-state index is 12.7. The molecule has 0 spiro atoms. The second-order valence-corrected chi connectivity index (χ2v) is 6.52. The van der Waals surface area contributed by atoms with Crippen LogP contribution in [0.3, 0.4) is 0 Å². The van der Waals surface area contributed by atoms with Crippen LogP contribution in [0, 0.1) is 0 Å². The molecule has 0 bridgehead atoms. The molecule has 4 rings (SSSR count). The van der Waals surface area contributed by atoms with Crippen molar-refractivity contribution in [3.05, 3.63) is 95.5 Å². The number of hydrogen-bond donors (Lipinski definition) is 0. The van der Waals surface area contributed by atoms with Gasteiger partial charge in [-0.1, -0.05) is 72.3 Å². The van der Waals surface area contributed by atoms with Crippen LogP contribution < -0.4 is 0 Å². The number of rotatable bonds is 5. The van der Waals surface area contributed by atoms with Crippen molar-refractivity contribution in [1.82, 2.24) is 14.8 Å². The molecule has 0 N–H and O–H groups in total. The average molecular weight is 374 g/mol. The average Bonchev–Trinajstić information content (AvgIpc) is 3.13. The zero-order valence-corrected chi connectivity index (χ0v) is 15.2. The van der Waals surface area contributed by atoms with Crippen LogP contribution >= 0.6 is 11.6 Å². The molecule has 27 heavy (non-hydrogen) atoms. The third-order valence-corrected chi connectivity index (χ3v) is 4.45. The number of benzene rings is 3. The number of halogens is 1. The third kappa shape index (κ3) is 3.81. The molecule has 0 fully saturated rings. The Hall–Kier alpha value is -3.24. The number of carbonyl (C=O) groups excluding carboxylic acids is 1. The Morgan fingerprint density at radius 1 is 0.815 bits per heavy atom. The van der Waals surface area contributed by atoms with E-state index in [1.807, 2.05) is 60.7 Å². The maximum absolute atomic E-state index is 12.7. The van der Waals surface area contributed by atoms with Gasteiger partial charge in [0, 0.05) is 21.7 Å². The van der Waals surface area contributed by atoms with Gasteiger partial charge in [-0.3, -0.25) is 4.79 Å². The van der Waals surface area contributed by atoms with Crippen molar-refractivity contribution in [3.8, 4) is 22.8 Å². The Kier molecular flexibility index (Phi) is 4.81. The second kappa shape index (κ2) is 7.56. The summed E-state index contributed by atoms with van der Waals surface area (Å²) in [4.78, 5) is 17.4. The molecular weight excluding hydrogens is 358 g/mol. The first kappa shape index (κ1) is 17.2. The normalized spacial score (nSPS) is 10.7. The first-order valence-corrected chi connectivity index (χ1v) is 8.93. The van der Waals surface area contributed by atoms with Crippen molar-refractivity contribution in [2.24, 2.45) is 0 Å². The van der Waals surface area contributed by atoms with E-state index >= 15 is 0 Å². The van der Waals surface area contributed by atoms with Crippen LogP contribution in [0.4, 0.5) is 0 Å². The summed E-state index contributed by atoms with van der Waals surface area (Å²) in [5, 5.41) is 5.20. The van der Waals surface area contributed by atoms with E-state index in [0.717, 1.165) is 11.1 Å². The van der Waals surface area contributed by atoms with Crippen LogP contribution in [0.25, 0.3) is 22.8 Å². The lowest BCUT2D eigenvalue weighted by Gasteiger charge is -2.05. The Morgan fingerprint density at radius 2 is 1.41 bits per heavy atom. The zero-order valence-electron chi connectivity index (χ0n) is 14.4. The number of hydrogen-bond acceptors (Lipinski definition) is 3. The summed E-state index contributed by atoms with van der Waals surface area (Å²) in [6.45, 7) is 0.103. The molecule has 1 heterocycles. The van der Waals surface area contributed by atoms with E-state index in [1.165, 1.54) is 0 Å². The standard InChI is InChI=1S/C22H16ClN3O/c23-19-13-11-16(12-14-19)20(27)15-26-22(18-9-5-2-6-10-18)24-21(25-26)17-7-3-1-4-8-17/h1-14H,15H2. The fourth-order valence-electron chi connectivity index (χ4n) is 2.83. The molecule has 5 heteroatoms. The SMILES string of the molecule is O=C(Cn1nc(-c2ccccc2)nc1-c1ccccc1)c1ccc(Cl)cc1. The predicted molar refractivity (Wildman–Crippen MR) is 107 cm³/mol. The summed E-state index contributed by atoms with van der Waals surface area (Å²) in [5.74, 6) is 1.21. The highest BCUT2D eigenvalue weighted by Gasteiger charge is 2.16. The Balaban J connectivity index is 1.73. The molecule has 0 aliphatic carbocycles. The van der Waals surface area contributed by atoms with Crippen molar-refractivity contribution in [2.45, 2.75) is 6.54 Å². The van der Waals surface area contributed by atoms with Gasteiger partial charge in [0.05, 0.1) is 0 Å². The maximum Gasteiger partial charge on any atom is 0.184 e. The number of aromatic nitrogens is 3. The molecule has 0 unspecified atom stereocenters. The van der Waals surface area contributed by atoms with E-state index in [2.05, 4.69) is 5.10 Å². The summed E-state index contributed by atoms with van der Waals surface area (Å²) in [6.07, 6.45) is 0. The van der Waals surface area contributed by atoms with Crippen LogP contribution in [0.15, 0.2) is 84.9 Å². The Morgan fingerprint density at radius 3 is 2.04 bits per heavy atom. The minimum Gasteiger partial charge on any atom is -0.292 e. The minimum atomic E-state index is -0.0478. The molecule has 0 saturated carbocycles. The molecule has 0 aliphatic rings. The van der Waals surface area contributed by atoms with Gasteiger partial charge in [0.15, 0.2) is 17.4 Å². The quantitative estimate of drug-likeness (QED) is 0.454. The lowest BCUT2D eigenvalue weighted by molar-refractivity contribution is 0.0968. The molecule has 4 nitrogen and oxygen atoms in total. The van der Waals surface area contributed by atoms with Crippen molar-refractivity contribution >= 4 is 17.4 Å². The van der Waals surface area contributed by atoms with Crippen LogP contribution in [-0.2, 0) is 6.54 Å². The summed E-state index contributed by atoms with van der Waals surface area (Å²) >= 11 is 5.91. The van der Waals surface area contributed by atoms with Gasteiger partial charge < -0.3 is 0 Å². The van der Waals surface area contributed by atoms with Crippen molar-refractivity contribution in [2.75, 3.05) is 0 Å². The van der Waals surface area contributed by atoms with E-state index in [-0.39, 0.29) is 12.3 Å². The van der Waals surface area contributed by atoms with Gasteiger partial charge in [0.25, 0.3) is 0 Å². The van der Waals surface area contributed by atoms with E-state index in [0.29, 0.717) is 22.2 Å². The fourth-order valence-corrected chi connectivity index (χ4v) is 2.95. The van der Waals surface area contributed by atoms with E-state index < -0.39 is 0 Å². The summed E-state index contributed by atoms with van der Waals surface area (Å²) in [7, 11) is 0. The highest BCUT2D eigenvalue weighted by atomic mass is 35.5. The molecule has 0 atom stereocenters. The monoisotopic (exact) mass is 373 g/mol. The van der Waals surface area contributed by atoms with E-state index in [9.17, 15) is 4.79 Å². The largest absolute Gasteiger partial charge is 0.292 e. The van der Waals surface area contributed by atoms with Crippen molar-refractivity contribution < 1.29 is 4.79 Å². The van der Waals surface area contributed by atoms with Gasteiger partial charge in [0.1, 0.15) is 6.54 Å². The Bertz CT molecular complexity index is 1060. The third-order valence-electron chi connectivity index (χ3n) is 4.20. The lowest BCUT2D eigenvalue weighted by Crippen LogP contribution is -2.13. The lowest BCUT2D eigenvalue weighted by atomic mass is 10.1. The van der Waals surface area contributed by atoms with E-state index in [4.69, 9.17) is 16.6 Å². The summed E-state index contributed by atoms with van der Waals surface area (Å²) in [6, 6.07) is 26.4. The highest BCUT2D eigenvalue weighted by Crippen LogP contribution is 2.23. The molecule has 4 aromatic rings. The molecule has 0 aliphatic heterocycles. The molecular formula is C22H16ClN3O. The first-order valence-electron chi connectivity index (χ1n) is 8.55. The zero-order chi connectivity index (χ0) is 18.6. The van der Waals surface area contributed by atoms with Gasteiger partial charge >= 0.3 is 0 Å². The van der Waals surface area contributed by atoms with Crippen LogP contribution in [0.5, 0.6) is 0 Å². The number of nitrogens with zero attached hydrogens (tertiary/aromatic N) is 3. The number of ketones is 1. The number of Topliss-reactive ketones (excluding diaryl/α,β-unsaturated/α-hetero) is 1. The molecule has 132 valence electrons. The van der Waals surface area contributed by atoms with Crippen molar-refractivity contribution in [3.63, 3.8) is 0 Å². The molecule has 0 radical (unpaired) electrons. The topological polar surface area (TPSA) is 47.8 Å². The van der Waals surface area contributed by atoms with Crippen LogP contribution in [-0.4, -0.2) is 20.5 Å². The van der Waals surface area contributed by atoms with Gasteiger partial charge in [-0.2, -0.15) is 0 Å². The smallest absolute Gasteiger partial charge is 0.184 e. The summed E-state index contributed by atoms with van der Waals surface area (Å²) in [5.41, 5.74) is 2.42. The van der Waals surface area contributed by atoms with Crippen molar-refractivity contribution in [1.29, 1.82) is 0 Å². The van der Waals surface area contributed by atoms with Gasteiger partial charge in [-0.15, -0.1) is 5.10 Å². The minimum absolute atomic E-state index is 0.0478. The van der Waals surface area contributed by atoms with Gasteiger partial charge in [0.2, 0.25) is 0 Å². The van der Waals surface area contributed by atoms with Crippen LogP contribution in [0.1, 0.15) is 10.4 Å². The van der Waals surface area contributed by atoms with E-state index in [1.54, 1.807) is 28.9 Å². The van der Waals surface area contributed by atoms with Gasteiger partial charge in [-0.05, 0) is 24.3 Å². The van der Waals surface area contributed by atoms with Gasteiger partial charge in [-0.25, -0.2) is 9.67 Å². The predicted octanol–water partition coefficient (Wildman–Crippen LogP) is 5.15. The second-order valence-electron chi connectivity index (χ2n) is 6.08. The number of carbonyl (C=O) groups is 1. The molecule has 3 aromatic carbocycles. The highest BCUT2D eigenvalue weighted by molar-refractivity contribution is 6.30. The molecule has 0 saturated heterocycles. The molecule has 1 aromatic heterocycles. The molecule has 0 amide bonds. The first-order chi connectivity index (χ1) is 13.2. The fraction of sp³-hybridized carbons (Fsp3) is 0.0455. The van der Waals surface area contributed by atoms with Crippen LogP contribution in [0.2, 0.25) is 5.02 Å². The Labute approximate surface area is 162 Å². The summed E-state index contributed by atoms with van der Waals surface area (Å²) < 4.78 is 1.66.